The van der Waals surface area contributed by atoms with Crippen LogP contribution in [0, 0.1) is 0 Å². The van der Waals surface area contributed by atoms with Crippen LogP contribution in [0.3, 0.4) is 0 Å². The summed E-state index contributed by atoms with van der Waals surface area (Å²) in [7, 11) is 0. The van der Waals surface area contributed by atoms with Crippen molar-refractivity contribution in [3.8, 4) is 0 Å². The summed E-state index contributed by atoms with van der Waals surface area (Å²) in [5.74, 6) is 0. The molecule has 1 aromatic rings. The second kappa shape index (κ2) is 8.23. The fourth-order valence-corrected chi connectivity index (χ4v) is 1.39. The Labute approximate surface area is 104 Å². The van der Waals surface area contributed by atoms with Crippen LogP contribution in [-0.4, -0.2) is 19.3 Å². The molecule has 1 rings (SSSR count). The maximum absolute atomic E-state index is 5.53. The Morgan fingerprint density at radius 1 is 1.12 bits per heavy atom. The van der Waals surface area contributed by atoms with E-state index in [1.807, 2.05) is 12.1 Å². The van der Waals surface area contributed by atoms with Crippen molar-refractivity contribution >= 4 is 0 Å². The minimum Gasteiger partial charge on any atom is -0.376 e. The second-order valence-electron chi connectivity index (χ2n) is 4.16. The van der Waals surface area contributed by atoms with Crippen LogP contribution in [0.1, 0.15) is 31.4 Å². The number of ether oxygens (including phenoxy) is 2. The van der Waals surface area contributed by atoms with E-state index >= 15 is 0 Å². The Balaban J connectivity index is 2.13. The van der Waals surface area contributed by atoms with Crippen molar-refractivity contribution in [2.24, 2.45) is 5.73 Å². The molecule has 0 saturated carbocycles. The first kappa shape index (κ1) is 14.2. The van der Waals surface area contributed by atoms with E-state index in [9.17, 15) is 0 Å². The highest BCUT2D eigenvalue weighted by atomic mass is 16.5. The van der Waals surface area contributed by atoms with Crippen LogP contribution in [0.15, 0.2) is 24.3 Å². The molecule has 0 aliphatic carbocycles. The first-order chi connectivity index (χ1) is 8.26. The van der Waals surface area contributed by atoms with Gasteiger partial charge in [0.15, 0.2) is 0 Å². The minimum absolute atomic E-state index is 0.322. The average molecular weight is 237 g/mol. The Kier molecular flexibility index (Phi) is 6.86. The van der Waals surface area contributed by atoms with E-state index in [1.54, 1.807) is 0 Å². The van der Waals surface area contributed by atoms with Gasteiger partial charge in [0.1, 0.15) is 0 Å². The Bertz CT molecular complexity index is 298. The van der Waals surface area contributed by atoms with Gasteiger partial charge in [-0.05, 0) is 24.5 Å². The van der Waals surface area contributed by atoms with Crippen LogP contribution < -0.4 is 5.73 Å². The molecule has 1 atom stereocenters. The lowest BCUT2D eigenvalue weighted by atomic mass is 10.1. The second-order valence-corrected chi connectivity index (χ2v) is 4.16. The number of nitrogens with two attached hydrogens (primary N) is 1. The normalized spacial score (nSPS) is 12.6. The number of benzene rings is 1. The summed E-state index contributed by atoms with van der Waals surface area (Å²) in [6.45, 7) is 6.72. The third-order valence-corrected chi connectivity index (χ3v) is 2.73. The molecule has 0 heterocycles. The zero-order chi connectivity index (χ0) is 12.5. The molecule has 0 bridgehead atoms. The van der Waals surface area contributed by atoms with Gasteiger partial charge >= 0.3 is 0 Å². The smallest absolute Gasteiger partial charge is 0.0718 e. The molecule has 0 aliphatic heterocycles. The Morgan fingerprint density at radius 2 is 1.76 bits per heavy atom. The van der Waals surface area contributed by atoms with Gasteiger partial charge in [-0.25, -0.2) is 0 Å². The molecular weight excluding hydrogens is 214 g/mol. The number of hydrogen-bond donors (Lipinski definition) is 1. The number of hydrogen-bond acceptors (Lipinski definition) is 3. The van der Waals surface area contributed by atoms with Gasteiger partial charge in [0.2, 0.25) is 0 Å². The first-order valence-corrected chi connectivity index (χ1v) is 6.23. The van der Waals surface area contributed by atoms with Crippen molar-refractivity contribution in [3.63, 3.8) is 0 Å². The average Bonchev–Trinajstić information content (AvgIpc) is 2.38. The molecule has 0 spiro atoms. The van der Waals surface area contributed by atoms with Gasteiger partial charge in [0.25, 0.3) is 0 Å². The monoisotopic (exact) mass is 237 g/mol. The molecule has 0 fully saturated rings. The van der Waals surface area contributed by atoms with Gasteiger partial charge < -0.3 is 15.2 Å². The summed E-state index contributed by atoms with van der Waals surface area (Å²) in [5, 5.41) is 0. The molecule has 0 saturated heterocycles. The topological polar surface area (TPSA) is 44.5 Å². The van der Waals surface area contributed by atoms with Crippen molar-refractivity contribution in [3.05, 3.63) is 35.4 Å². The number of rotatable bonds is 8. The minimum atomic E-state index is 0.322. The molecular formula is C14H23NO2. The molecule has 96 valence electrons. The summed E-state index contributed by atoms with van der Waals surface area (Å²) in [4.78, 5) is 0. The zero-order valence-corrected chi connectivity index (χ0v) is 10.8. The van der Waals surface area contributed by atoms with E-state index in [0.29, 0.717) is 32.5 Å². The third-order valence-electron chi connectivity index (χ3n) is 2.73. The van der Waals surface area contributed by atoms with E-state index in [0.717, 1.165) is 12.0 Å². The molecule has 0 radical (unpaired) electrons. The van der Waals surface area contributed by atoms with Gasteiger partial charge in [-0.3, -0.25) is 0 Å². The highest BCUT2D eigenvalue weighted by molar-refractivity contribution is 5.21. The standard InChI is InChI=1S/C14H23NO2/c1-3-12(2)17-9-8-16-11-14-6-4-13(10-15)5-7-14/h4-7,12H,3,8-11,15H2,1-2H3. The quantitative estimate of drug-likeness (QED) is 0.706. The molecule has 1 unspecified atom stereocenters. The van der Waals surface area contributed by atoms with E-state index in [1.165, 1.54) is 5.56 Å². The molecule has 17 heavy (non-hydrogen) atoms. The largest absolute Gasteiger partial charge is 0.376 e. The van der Waals surface area contributed by atoms with Crippen molar-refractivity contribution in [1.29, 1.82) is 0 Å². The maximum Gasteiger partial charge on any atom is 0.0718 e. The predicted molar refractivity (Wildman–Crippen MR) is 69.7 cm³/mol. The Morgan fingerprint density at radius 3 is 2.35 bits per heavy atom. The molecule has 0 aliphatic rings. The van der Waals surface area contributed by atoms with Crippen LogP contribution in [-0.2, 0) is 22.6 Å². The molecule has 3 heteroatoms. The summed E-state index contributed by atoms with van der Waals surface area (Å²) in [6, 6.07) is 8.18. The molecule has 2 N–H and O–H groups in total. The molecule has 3 nitrogen and oxygen atoms in total. The third kappa shape index (κ3) is 5.82. The lowest BCUT2D eigenvalue weighted by Gasteiger charge is -2.10. The van der Waals surface area contributed by atoms with Gasteiger partial charge in [0, 0.05) is 6.54 Å². The van der Waals surface area contributed by atoms with Gasteiger partial charge in [-0.2, -0.15) is 0 Å². The first-order valence-electron chi connectivity index (χ1n) is 6.23. The van der Waals surface area contributed by atoms with Crippen LogP contribution in [0.2, 0.25) is 0 Å². The molecule has 0 amide bonds. The van der Waals surface area contributed by atoms with Crippen LogP contribution in [0.4, 0.5) is 0 Å². The lowest BCUT2D eigenvalue weighted by Crippen LogP contribution is -2.11. The highest BCUT2D eigenvalue weighted by Gasteiger charge is 1.98. The summed E-state index contributed by atoms with van der Waals surface area (Å²) in [5.41, 5.74) is 7.85. The predicted octanol–water partition coefficient (Wildman–Crippen LogP) is 2.48. The molecule has 1 aromatic carbocycles. The molecule has 0 aromatic heterocycles. The lowest BCUT2D eigenvalue weighted by molar-refractivity contribution is 0.00633. The van der Waals surface area contributed by atoms with E-state index in [-0.39, 0.29) is 0 Å². The van der Waals surface area contributed by atoms with E-state index < -0.39 is 0 Å². The van der Waals surface area contributed by atoms with Gasteiger partial charge in [-0.15, -0.1) is 0 Å². The summed E-state index contributed by atoms with van der Waals surface area (Å²) >= 11 is 0. The van der Waals surface area contributed by atoms with Crippen LogP contribution in [0.25, 0.3) is 0 Å². The van der Waals surface area contributed by atoms with Gasteiger partial charge in [0.05, 0.1) is 25.9 Å². The zero-order valence-electron chi connectivity index (χ0n) is 10.8. The SMILES string of the molecule is CCC(C)OCCOCc1ccc(CN)cc1. The van der Waals surface area contributed by atoms with Crippen LogP contribution >= 0.6 is 0 Å². The summed E-state index contributed by atoms with van der Waals surface area (Å²) in [6.07, 6.45) is 1.36. The highest BCUT2D eigenvalue weighted by Crippen LogP contribution is 2.05. The fraction of sp³-hybridized carbons (Fsp3) is 0.571. The van der Waals surface area contributed by atoms with E-state index in [4.69, 9.17) is 15.2 Å². The summed E-state index contributed by atoms with van der Waals surface area (Å²) < 4.78 is 11.1. The van der Waals surface area contributed by atoms with Gasteiger partial charge in [-0.1, -0.05) is 31.2 Å². The van der Waals surface area contributed by atoms with Crippen molar-refractivity contribution in [1.82, 2.24) is 0 Å². The van der Waals surface area contributed by atoms with Crippen molar-refractivity contribution < 1.29 is 9.47 Å². The van der Waals surface area contributed by atoms with Crippen molar-refractivity contribution in [2.45, 2.75) is 39.5 Å². The van der Waals surface area contributed by atoms with Crippen LogP contribution in [0.5, 0.6) is 0 Å². The van der Waals surface area contributed by atoms with E-state index in [2.05, 4.69) is 26.0 Å². The maximum atomic E-state index is 5.53. The fourth-order valence-electron chi connectivity index (χ4n) is 1.39. The Hall–Kier alpha value is -0.900. The van der Waals surface area contributed by atoms with Crippen molar-refractivity contribution in [2.75, 3.05) is 13.2 Å².